The molecular weight excluding hydrogens is 669 g/mol. The molecule has 0 aliphatic rings. The Morgan fingerprint density at radius 3 is 1.38 bits per heavy atom. The van der Waals surface area contributed by atoms with Gasteiger partial charge in [-0.05, 0) is 25.7 Å². The molecule has 1 unspecified atom stereocenters. The van der Waals surface area contributed by atoms with Gasteiger partial charge in [-0.15, -0.1) is 0 Å². The van der Waals surface area contributed by atoms with Gasteiger partial charge in [0.1, 0.15) is 19.3 Å². The molecule has 0 heterocycles. The average molecular weight is 755 g/mol. The Labute approximate surface area is 322 Å². The number of quaternary nitrogens is 1. The first-order valence-electron chi connectivity index (χ1n) is 21.4. The number of unbranched alkanes of at least 4 members (excludes halogenated alkanes) is 22. The van der Waals surface area contributed by atoms with Gasteiger partial charge in [0.05, 0.1) is 47.6 Å². The van der Waals surface area contributed by atoms with E-state index in [0.29, 0.717) is 24.2 Å². The quantitative estimate of drug-likeness (QED) is 0.0291. The number of ether oxygens (including phenoxy) is 2. The van der Waals surface area contributed by atoms with Gasteiger partial charge in [0.15, 0.2) is 0 Å². The zero-order chi connectivity index (χ0) is 38.3. The SMILES string of the molecule is CCCCCCCCCCCCC/C=C/C=C/COC[C@H](COP(=O)(O)OCC[N+](C)(C)C)OC/C=C/C=C/CCCCCCCCCCCCC. The molecule has 7 nitrogen and oxygen atoms in total. The van der Waals surface area contributed by atoms with E-state index in [2.05, 4.69) is 38.2 Å². The summed E-state index contributed by atoms with van der Waals surface area (Å²) in [6.45, 7) is 6.20. The van der Waals surface area contributed by atoms with E-state index in [0.717, 1.165) is 12.8 Å². The van der Waals surface area contributed by atoms with Crippen LogP contribution in [-0.2, 0) is 23.1 Å². The zero-order valence-corrected chi connectivity index (χ0v) is 35.7. The molecular formula is C44H85NO6P+. The minimum Gasteiger partial charge on any atom is -0.375 e. The monoisotopic (exact) mass is 755 g/mol. The third-order valence-electron chi connectivity index (χ3n) is 9.10. The van der Waals surface area contributed by atoms with Crippen molar-refractivity contribution >= 4 is 7.82 Å². The minimum atomic E-state index is -4.19. The molecule has 0 radical (unpaired) electrons. The Morgan fingerprint density at radius 1 is 0.538 bits per heavy atom. The number of phosphoric acid groups is 1. The lowest BCUT2D eigenvalue weighted by molar-refractivity contribution is -0.870. The Hall–Kier alpha value is -1.05. The summed E-state index contributed by atoms with van der Waals surface area (Å²) < 4.78 is 35.3. The molecule has 0 amide bonds. The lowest BCUT2D eigenvalue weighted by Crippen LogP contribution is -2.37. The summed E-state index contributed by atoms with van der Waals surface area (Å²) in [5, 5.41) is 0. The smallest absolute Gasteiger partial charge is 0.375 e. The molecule has 0 saturated heterocycles. The van der Waals surface area contributed by atoms with Gasteiger partial charge in [0, 0.05) is 0 Å². The van der Waals surface area contributed by atoms with Crippen LogP contribution in [0.4, 0.5) is 0 Å². The minimum absolute atomic E-state index is 0.0940. The van der Waals surface area contributed by atoms with Gasteiger partial charge >= 0.3 is 7.82 Å². The Bertz CT molecular complexity index is 913. The summed E-state index contributed by atoms with van der Waals surface area (Å²) in [4.78, 5) is 10.2. The molecule has 52 heavy (non-hydrogen) atoms. The summed E-state index contributed by atoms with van der Waals surface area (Å²) in [5.41, 5.74) is 0. The van der Waals surface area contributed by atoms with Crippen LogP contribution in [0.25, 0.3) is 0 Å². The van der Waals surface area contributed by atoms with Crippen molar-refractivity contribution in [2.24, 2.45) is 0 Å². The fourth-order valence-electron chi connectivity index (χ4n) is 5.72. The number of nitrogens with zero attached hydrogens (tertiary/aromatic N) is 1. The van der Waals surface area contributed by atoms with E-state index in [1.807, 2.05) is 45.4 Å². The van der Waals surface area contributed by atoms with Gasteiger partial charge in [-0.2, -0.15) is 0 Å². The van der Waals surface area contributed by atoms with Crippen LogP contribution >= 0.6 is 7.82 Å². The highest BCUT2D eigenvalue weighted by atomic mass is 31.2. The normalized spacial score (nSPS) is 14.5. The summed E-state index contributed by atoms with van der Waals surface area (Å²) in [6, 6.07) is 0. The van der Waals surface area contributed by atoms with Crippen LogP contribution in [0.5, 0.6) is 0 Å². The molecule has 8 heteroatoms. The van der Waals surface area contributed by atoms with Crippen LogP contribution in [0.1, 0.15) is 168 Å². The third kappa shape index (κ3) is 41.7. The molecule has 0 aromatic rings. The van der Waals surface area contributed by atoms with Crippen molar-refractivity contribution in [2.75, 3.05) is 60.7 Å². The van der Waals surface area contributed by atoms with Crippen molar-refractivity contribution in [3.63, 3.8) is 0 Å². The number of phosphoric ester groups is 1. The highest BCUT2D eigenvalue weighted by molar-refractivity contribution is 7.47. The van der Waals surface area contributed by atoms with Crippen LogP contribution < -0.4 is 0 Å². The maximum Gasteiger partial charge on any atom is 0.472 e. The largest absolute Gasteiger partial charge is 0.472 e. The highest BCUT2D eigenvalue weighted by Crippen LogP contribution is 2.43. The zero-order valence-electron chi connectivity index (χ0n) is 34.8. The van der Waals surface area contributed by atoms with E-state index in [9.17, 15) is 9.46 Å². The van der Waals surface area contributed by atoms with Crippen molar-refractivity contribution in [3.8, 4) is 0 Å². The molecule has 1 N–H and O–H groups in total. The average Bonchev–Trinajstić information content (AvgIpc) is 3.10. The summed E-state index contributed by atoms with van der Waals surface area (Å²) in [5.74, 6) is 0. The molecule has 0 aromatic carbocycles. The van der Waals surface area contributed by atoms with Crippen molar-refractivity contribution in [1.29, 1.82) is 0 Å². The maximum absolute atomic E-state index is 12.4. The van der Waals surface area contributed by atoms with Crippen molar-refractivity contribution in [2.45, 2.75) is 174 Å². The maximum atomic E-state index is 12.4. The van der Waals surface area contributed by atoms with Crippen molar-refractivity contribution in [1.82, 2.24) is 0 Å². The predicted octanol–water partition coefficient (Wildman–Crippen LogP) is 12.9. The molecule has 0 fully saturated rings. The molecule has 0 spiro atoms. The fraction of sp³-hybridized carbons (Fsp3) is 0.818. The molecule has 0 aromatic heterocycles. The van der Waals surface area contributed by atoms with Gasteiger partial charge in [0.25, 0.3) is 0 Å². The van der Waals surface area contributed by atoms with E-state index in [4.69, 9.17) is 18.5 Å². The molecule has 0 bridgehead atoms. The second-order valence-electron chi connectivity index (χ2n) is 15.5. The summed E-state index contributed by atoms with van der Waals surface area (Å²) in [6.07, 6.45) is 48.2. The van der Waals surface area contributed by atoms with E-state index in [1.54, 1.807) is 0 Å². The van der Waals surface area contributed by atoms with E-state index >= 15 is 0 Å². The van der Waals surface area contributed by atoms with Crippen molar-refractivity contribution < 1.29 is 32.5 Å². The highest BCUT2D eigenvalue weighted by Gasteiger charge is 2.25. The number of likely N-dealkylation sites (N-methyl/N-ethyl adjacent to an activating group) is 1. The first-order valence-corrected chi connectivity index (χ1v) is 22.9. The number of hydrogen-bond acceptors (Lipinski definition) is 5. The second-order valence-corrected chi connectivity index (χ2v) is 16.9. The summed E-state index contributed by atoms with van der Waals surface area (Å²) in [7, 11) is 1.81. The third-order valence-corrected chi connectivity index (χ3v) is 10.1. The van der Waals surface area contributed by atoms with Gasteiger partial charge in [-0.25, -0.2) is 4.57 Å². The molecule has 0 rings (SSSR count). The molecule has 0 aliphatic carbocycles. The van der Waals surface area contributed by atoms with Gasteiger partial charge in [-0.3, -0.25) is 9.05 Å². The van der Waals surface area contributed by atoms with E-state index in [1.165, 1.54) is 141 Å². The molecule has 2 atom stereocenters. The molecule has 0 saturated carbocycles. The first-order chi connectivity index (χ1) is 25.2. The van der Waals surface area contributed by atoms with E-state index in [-0.39, 0.29) is 19.8 Å². The first kappa shape index (κ1) is 51.0. The Balaban J connectivity index is 4.31. The number of allylic oxidation sites excluding steroid dienone is 6. The van der Waals surface area contributed by atoms with Crippen LogP contribution in [0, 0.1) is 0 Å². The number of hydrogen-bond donors (Lipinski definition) is 1. The van der Waals surface area contributed by atoms with Crippen LogP contribution in [-0.4, -0.2) is 76.2 Å². The van der Waals surface area contributed by atoms with Crippen molar-refractivity contribution in [3.05, 3.63) is 48.6 Å². The van der Waals surface area contributed by atoms with Gasteiger partial charge in [0.2, 0.25) is 0 Å². The fourth-order valence-corrected chi connectivity index (χ4v) is 6.46. The predicted molar refractivity (Wildman–Crippen MR) is 224 cm³/mol. The second kappa shape index (κ2) is 38.2. The summed E-state index contributed by atoms with van der Waals surface area (Å²) >= 11 is 0. The van der Waals surface area contributed by atoms with Crippen LogP contribution in [0.3, 0.4) is 0 Å². The molecule has 306 valence electrons. The Morgan fingerprint density at radius 2 is 0.942 bits per heavy atom. The standard InChI is InChI=1S/C44H84NO6P/c1-6-8-10-12-14-16-18-20-22-24-26-28-30-32-34-36-39-48-42-44(43-51-52(46,47)50-41-38-45(3,4)5)49-40-37-35-33-31-29-27-25-23-21-19-17-15-13-11-9-7-2/h30-37,44H,6-29,38-43H2,1-5H3/p+1/b32-30+,33-31+,36-34+,37-35+/t44-/m1/s1. The van der Waals surface area contributed by atoms with E-state index < -0.39 is 13.9 Å². The van der Waals surface area contributed by atoms with Crippen LogP contribution in [0.2, 0.25) is 0 Å². The molecule has 0 aliphatic heterocycles. The topological polar surface area (TPSA) is 74.2 Å². The lowest BCUT2D eigenvalue weighted by atomic mass is 10.1. The Kier molecular flexibility index (Phi) is 37.5. The van der Waals surface area contributed by atoms with Crippen LogP contribution in [0.15, 0.2) is 48.6 Å². The van der Waals surface area contributed by atoms with Gasteiger partial charge in [-0.1, -0.05) is 191 Å². The van der Waals surface area contributed by atoms with Gasteiger partial charge < -0.3 is 18.9 Å². The number of rotatable bonds is 40. The lowest BCUT2D eigenvalue weighted by Gasteiger charge is -2.24.